The van der Waals surface area contributed by atoms with Crippen molar-refractivity contribution in [1.82, 2.24) is 0 Å². The SMILES string of the molecule is O=P(SCCCO)(c1ccccc1)c1ccccc1. The van der Waals surface area contributed by atoms with Crippen LogP contribution in [0.3, 0.4) is 0 Å². The molecule has 0 saturated heterocycles. The van der Waals surface area contributed by atoms with E-state index in [1.807, 2.05) is 60.7 Å². The Morgan fingerprint density at radius 3 is 1.79 bits per heavy atom. The second kappa shape index (κ2) is 6.95. The fourth-order valence-electron chi connectivity index (χ4n) is 1.80. The minimum absolute atomic E-state index is 0.135. The molecule has 4 heteroatoms. The molecule has 0 unspecified atom stereocenters. The van der Waals surface area contributed by atoms with E-state index < -0.39 is 6.34 Å². The monoisotopic (exact) mass is 292 g/mol. The average molecular weight is 292 g/mol. The first-order chi connectivity index (χ1) is 9.27. The molecular formula is C15H17O2PS. The summed E-state index contributed by atoms with van der Waals surface area (Å²) >= 11 is 1.45. The highest BCUT2D eigenvalue weighted by Gasteiger charge is 2.27. The molecule has 19 heavy (non-hydrogen) atoms. The summed E-state index contributed by atoms with van der Waals surface area (Å²) in [5.41, 5.74) is 0. The highest BCUT2D eigenvalue weighted by molar-refractivity contribution is 8.62. The van der Waals surface area contributed by atoms with E-state index >= 15 is 0 Å². The molecular weight excluding hydrogens is 275 g/mol. The van der Waals surface area contributed by atoms with Gasteiger partial charge in [-0.2, -0.15) is 0 Å². The molecule has 0 spiro atoms. The molecule has 0 bridgehead atoms. The normalized spacial score (nSPS) is 11.4. The Balaban J connectivity index is 2.36. The van der Waals surface area contributed by atoms with E-state index in [1.165, 1.54) is 11.4 Å². The van der Waals surface area contributed by atoms with Crippen LogP contribution in [0.2, 0.25) is 0 Å². The molecule has 0 heterocycles. The third-order valence-electron chi connectivity index (χ3n) is 2.77. The van der Waals surface area contributed by atoms with Gasteiger partial charge in [0.15, 0.2) is 6.34 Å². The van der Waals surface area contributed by atoms with Crippen molar-refractivity contribution >= 4 is 28.3 Å². The Morgan fingerprint density at radius 1 is 0.895 bits per heavy atom. The van der Waals surface area contributed by atoms with Crippen molar-refractivity contribution in [1.29, 1.82) is 0 Å². The van der Waals surface area contributed by atoms with Gasteiger partial charge in [0.05, 0.1) is 0 Å². The first kappa shape index (κ1) is 14.4. The summed E-state index contributed by atoms with van der Waals surface area (Å²) < 4.78 is 13.4. The fraction of sp³-hybridized carbons (Fsp3) is 0.200. The largest absolute Gasteiger partial charge is 0.396 e. The quantitative estimate of drug-likeness (QED) is 0.657. The van der Waals surface area contributed by atoms with E-state index in [-0.39, 0.29) is 6.61 Å². The summed E-state index contributed by atoms with van der Waals surface area (Å²) in [7, 11) is 0. The molecule has 0 atom stereocenters. The van der Waals surface area contributed by atoms with Crippen LogP contribution >= 0.6 is 17.7 Å². The van der Waals surface area contributed by atoms with E-state index in [1.54, 1.807) is 0 Å². The minimum Gasteiger partial charge on any atom is -0.396 e. The van der Waals surface area contributed by atoms with Crippen LogP contribution in [0, 0.1) is 0 Å². The van der Waals surface area contributed by atoms with Gasteiger partial charge in [0.2, 0.25) is 0 Å². The van der Waals surface area contributed by atoms with Gasteiger partial charge in [-0.15, -0.1) is 0 Å². The predicted molar refractivity (Wildman–Crippen MR) is 83.9 cm³/mol. The van der Waals surface area contributed by atoms with Crippen LogP contribution < -0.4 is 10.6 Å². The third kappa shape index (κ3) is 3.50. The van der Waals surface area contributed by atoms with Gasteiger partial charge in [-0.3, -0.25) is 0 Å². The van der Waals surface area contributed by atoms with Gasteiger partial charge in [-0.1, -0.05) is 72.0 Å². The number of aliphatic hydroxyl groups is 1. The first-order valence-corrected chi connectivity index (χ1v) is 9.54. The molecule has 0 fully saturated rings. The smallest absolute Gasteiger partial charge is 0.195 e. The van der Waals surface area contributed by atoms with Gasteiger partial charge < -0.3 is 9.67 Å². The molecule has 0 amide bonds. The Kier molecular flexibility index (Phi) is 5.26. The summed E-state index contributed by atoms with van der Waals surface area (Å²) in [5, 5.41) is 10.6. The molecule has 0 aliphatic heterocycles. The molecule has 0 aromatic heterocycles. The van der Waals surface area contributed by atoms with E-state index in [0.29, 0.717) is 12.2 Å². The Bertz CT molecular complexity index is 499. The molecule has 100 valence electrons. The van der Waals surface area contributed by atoms with E-state index in [2.05, 4.69) is 0 Å². The number of hydrogen-bond acceptors (Lipinski definition) is 3. The summed E-state index contributed by atoms with van der Waals surface area (Å²) in [6.07, 6.45) is -1.99. The topological polar surface area (TPSA) is 37.3 Å². The maximum atomic E-state index is 13.4. The van der Waals surface area contributed by atoms with E-state index in [0.717, 1.165) is 10.6 Å². The lowest BCUT2D eigenvalue weighted by molar-refractivity contribution is 0.296. The van der Waals surface area contributed by atoms with Gasteiger partial charge in [0.25, 0.3) is 0 Å². The zero-order valence-corrected chi connectivity index (χ0v) is 12.3. The van der Waals surface area contributed by atoms with Crippen molar-refractivity contribution < 1.29 is 9.67 Å². The lowest BCUT2D eigenvalue weighted by Crippen LogP contribution is -2.13. The van der Waals surface area contributed by atoms with Crippen LogP contribution in [-0.2, 0) is 4.57 Å². The van der Waals surface area contributed by atoms with Crippen LogP contribution in [-0.4, -0.2) is 17.5 Å². The first-order valence-electron chi connectivity index (χ1n) is 6.24. The highest BCUT2D eigenvalue weighted by atomic mass is 32.7. The molecule has 2 aromatic rings. The van der Waals surface area contributed by atoms with Crippen LogP contribution in [0.4, 0.5) is 0 Å². The van der Waals surface area contributed by atoms with Crippen LogP contribution in [0.1, 0.15) is 6.42 Å². The van der Waals surface area contributed by atoms with Gasteiger partial charge in [0.1, 0.15) is 0 Å². The number of rotatable bonds is 6. The second-order valence-electron chi connectivity index (χ2n) is 4.13. The maximum absolute atomic E-state index is 13.4. The van der Waals surface area contributed by atoms with Crippen LogP contribution in [0.15, 0.2) is 60.7 Å². The summed E-state index contributed by atoms with van der Waals surface area (Å²) in [5.74, 6) is 0.692. The summed E-state index contributed by atoms with van der Waals surface area (Å²) in [6, 6.07) is 19.2. The van der Waals surface area contributed by atoms with Gasteiger partial charge in [-0.05, 0) is 6.42 Å². The van der Waals surface area contributed by atoms with Gasteiger partial charge in [0, 0.05) is 23.0 Å². The lowest BCUT2D eigenvalue weighted by Gasteiger charge is -2.18. The zero-order valence-electron chi connectivity index (χ0n) is 10.6. The van der Waals surface area contributed by atoms with Crippen molar-refractivity contribution in [2.45, 2.75) is 6.42 Å². The van der Waals surface area contributed by atoms with Crippen molar-refractivity contribution in [3.63, 3.8) is 0 Å². The summed E-state index contributed by atoms with van der Waals surface area (Å²) in [4.78, 5) is 0. The number of benzene rings is 2. The molecule has 2 nitrogen and oxygen atoms in total. The Labute approximate surface area is 118 Å². The van der Waals surface area contributed by atoms with Crippen molar-refractivity contribution in [3.8, 4) is 0 Å². The van der Waals surface area contributed by atoms with E-state index in [4.69, 9.17) is 5.11 Å². The lowest BCUT2D eigenvalue weighted by atomic mass is 10.4. The molecule has 2 rings (SSSR count). The molecule has 0 radical (unpaired) electrons. The number of hydrogen-bond donors (Lipinski definition) is 1. The predicted octanol–water partition coefficient (Wildman–Crippen LogP) is 3.03. The van der Waals surface area contributed by atoms with Crippen molar-refractivity contribution in [2.75, 3.05) is 12.4 Å². The molecule has 1 N–H and O–H groups in total. The van der Waals surface area contributed by atoms with Gasteiger partial charge in [-0.25, -0.2) is 0 Å². The van der Waals surface area contributed by atoms with E-state index in [9.17, 15) is 4.57 Å². The van der Waals surface area contributed by atoms with Gasteiger partial charge >= 0.3 is 0 Å². The van der Waals surface area contributed by atoms with Crippen molar-refractivity contribution in [2.24, 2.45) is 0 Å². The Morgan fingerprint density at radius 2 is 1.37 bits per heavy atom. The molecule has 2 aromatic carbocycles. The Hall–Kier alpha value is -1.02. The average Bonchev–Trinajstić information content (AvgIpc) is 2.49. The minimum atomic E-state index is -2.65. The standard InChI is InChI=1S/C15H17O2PS/c16-12-7-13-19-18(17,14-8-3-1-4-9-14)15-10-5-2-6-11-15/h1-6,8-11,16H,7,12-13H2. The molecule has 0 saturated carbocycles. The maximum Gasteiger partial charge on any atom is 0.195 e. The second-order valence-corrected chi connectivity index (χ2v) is 9.25. The fourth-order valence-corrected chi connectivity index (χ4v) is 6.83. The number of aliphatic hydroxyl groups excluding tert-OH is 1. The van der Waals surface area contributed by atoms with Crippen LogP contribution in [0.5, 0.6) is 0 Å². The van der Waals surface area contributed by atoms with Crippen LogP contribution in [0.25, 0.3) is 0 Å². The highest BCUT2D eigenvalue weighted by Crippen LogP contribution is 2.56. The molecule has 0 aliphatic rings. The summed E-state index contributed by atoms with van der Waals surface area (Å²) in [6.45, 7) is 0.135. The zero-order chi connectivity index (χ0) is 13.6. The third-order valence-corrected chi connectivity index (χ3v) is 8.46. The van der Waals surface area contributed by atoms with Crippen molar-refractivity contribution in [3.05, 3.63) is 60.7 Å². The molecule has 0 aliphatic carbocycles.